The number of aliphatic hydroxyl groups is 1. The van der Waals surface area contributed by atoms with Gasteiger partial charge in [-0.1, -0.05) is 42.3 Å². The number of aryl methyl sites for hydroxylation is 1. The van der Waals surface area contributed by atoms with E-state index in [1.165, 1.54) is 0 Å². The van der Waals surface area contributed by atoms with Gasteiger partial charge < -0.3 is 5.11 Å². The summed E-state index contributed by atoms with van der Waals surface area (Å²) in [6, 6.07) is 5.43. The molecule has 0 bridgehead atoms. The highest BCUT2D eigenvalue weighted by Gasteiger charge is 2.14. The van der Waals surface area contributed by atoms with Gasteiger partial charge in [0, 0.05) is 24.7 Å². The molecule has 0 fully saturated rings. The van der Waals surface area contributed by atoms with E-state index in [2.05, 4.69) is 12.0 Å². The molecule has 1 aromatic heterocycles. The third kappa shape index (κ3) is 3.50. The van der Waals surface area contributed by atoms with Crippen molar-refractivity contribution >= 4 is 23.2 Å². The van der Waals surface area contributed by atoms with Crippen LogP contribution in [0.5, 0.6) is 0 Å². The molecule has 0 saturated carbocycles. The molecule has 2 aromatic rings. The van der Waals surface area contributed by atoms with Gasteiger partial charge in [0.05, 0.1) is 22.3 Å². The standard InChI is InChI=1S/C14H16Cl2N2O/c1-2-6-18-9-11(8-17-18)13(19)7-10-4-3-5-12(15)14(10)16/h3-5,8-9,13,19H,2,6-7H2,1H3. The second kappa shape index (κ2) is 6.42. The molecule has 0 saturated heterocycles. The molecule has 3 nitrogen and oxygen atoms in total. The number of hydrogen-bond donors (Lipinski definition) is 1. The smallest absolute Gasteiger partial charge is 0.0861 e. The van der Waals surface area contributed by atoms with E-state index in [1.807, 2.05) is 23.0 Å². The lowest BCUT2D eigenvalue weighted by Crippen LogP contribution is -2.02. The van der Waals surface area contributed by atoms with E-state index in [0.29, 0.717) is 16.5 Å². The van der Waals surface area contributed by atoms with Crippen molar-refractivity contribution in [2.45, 2.75) is 32.4 Å². The van der Waals surface area contributed by atoms with Crippen LogP contribution in [-0.4, -0.2) is 14.9 Å². The average Bonchev–Trinajstić information content (AvgIpc) is 2.84. The molecule has 0 aliphatic rings. The van der Waals surface area contributed by atoms with Crippen molar-refractivity contribution in [3.8, 4) is 0 Å². The van der Waals surface area contributed by atoms with E-state index in [1.54, 1.807) is 12.3 Å². The summed E-state index contributed by atoms with van der Waals surface area (Å²) in [5.74, 6) is 0. The van der Waals surface area contributed by atoms with E-state index in [9.17, 15) is 5.11 Å². The normalized spacial score (nSPS) is 12.6. The van der Waals surface area contributed by atoms with Crippen molar-refractivity contribution in [1.82, 2.24) is 9.78 Å². The number of benzene rings is 1. The van der Waals surface area contributed by atoms with Crippen LogP contribution in [0.3, 0.4) is 0 Å². The maximum absolute atomic E-state index is 10.2. The van der Waals surface area contributed by atoms with Gasteiger partial charge in [-0.05, 0) is 18.1 Å². The predicted molar refractivity (Wildman–Crippen MR) is 77.6 cm³/mol. The molecular weight excluding hydrogens is 283 g/mol. The number of halogens is 2. The maximum Gasteiger partial charge on any atom is 0.0861 e. The first-order chi connectivity index (χ1) is 9.11. The summed E-state index contributed by atoms with van der Waals surface area (Å²) in [6.07, 6.45) is 4.38. The molecule has 0 radical (unpaired) electrons. The summed E-state index contributed by atoms with van der Waals surface area (Å²) in [5.41, 5.74) is 1.63. The van der Waals surface area contributed by atoms with E-state index in [0.717, 1.165) is 24.1 Å². The maximum atomic E-state index is 10.2. The van der Waals surface area contributed by atoms with Gasteiger partial charge in [-0.25, -0.2) is 0 Å². The summed E-state index contributed by atoms with van der Waals surface area (Å²) in [4.78, 5) is 0. The zero-order valence-electron chi connectivity index (χ0n) is 10.7. The van der Waals surface area contributed by atoms with Gasteiger partial charge in [0.1, 0.15) is 0 Å². The molecule has 1 aromatic carbocycles. The van der Waals surface area contributed by atoms with Gasteiger partial charge in [-0.3, -0.25) is 4.68 Å². The van der Waals surface area contributed by atoms with Crippen molar-refractivity contribution in [1.29, 1.82) is 0 Å². The quantitative estimate of drug-likeness (QED) is 0.910. The van der Waals surface area contributed by atoms with Crippen LogP contribution >= 0.6 is 23.2 Å². The van der Waals surface area contributed by atoms with E-state index in [4.69, 9.17) is 23.2 Å². The van der Waals surface area contributed by atoms with Gasteiger partial charge in [0.15, 0.2) is 0 Å². The van der Waals surface area contributed by atoms with Crippen molar-refractivity contribution < 1.29 is 5.11 Å². The first-order valence-corrected chi connectivity index (χ1v) is 7.00. The van der Waals surface area contributed by atoms with Gasteiger partial charge in [-0.2, -0.15) is 5.10 Å². The number of rotatable bonds is 5. The second-order valence-corrected chi connectivity index (χ2v) is 5.25. The lowest BCUT2D eigenvalue weighted by molar-refractivity contribution is 0.178. The number of aliphatic hydroxyl groups excluding tert-OH is 1. The molecule has 2 rings (SSSR count). The Balaban J connectivity index is 2.11. The minimum atomic E-state index is -0.624. The fraction of sp³-hybridized carbons (Fsp3) is 0.357. The summed E-state index contributed by atoms with van der Waals surface area (Å²) in [6.45, 7) is 2.94. The zero-order chi connectivity index (χ0) is 13.8. The van der Waals surface area contributed by atoms with Crippen LogP contribution in [0.25, 0.3) is 0 Å². The molecular formula is C14H16Cl2N2O. The molecule has 0 spiro atoms. The van der Waals surface area contributed by atoms with Crippen molar-refractivity contribution in [2.75, 3.05) is 0 Å². The topological polar surface area (TPSA) is 38.0 Å². The highest BCUT2D eigenvalue weighted by Crippen LogP contribution is 2.29. The number of nitrogens with zero attached hydrogens (tertiary/aromatic N) is 2. The fourth-order valence-electron chi connectivity index (χ4n) is 1.94. The Bertz CT molecular complexity index is 554. The molecule has 1 unspecified atom stereocenters. The SMILES string of the molecule is CCCn1cc(C(O)Cc2cccc(Cl)c2Cl)cn1. The monoisotopic (exact) mass is 298 g/mol. The molecule has 1 N–H and O–H groups in total. The third-order valence-electron chi connectivity index (χ3n) is 2.94. The van der Waals surface area contributed by atoms with Crippen LogP contribution < -0.4 is 0 Å². The Morgan fingerprint density at radius 2 is 2.16 bits per heavy atom. The van der Waals surface area contributed by atoms with Crippen LogP contribution in [-0.2, 0) is 13.0 Å². The third-order valence-corrected chi connectivity index (χ3v) is 3.79. The van der Waals surface area contributed by atoms with Crippen LogP contribution in [0.4, 0.5) is 0 Å². The molecule has 0 amide bonds. The average molecular weight is 299 g/mol. The number of hydrogen-bond acceptors (Lipinski definition) is 2. The van der Waals surface area contributed by atoms with E-state index in [-0.39, 0.29) is 0 Å². The van der Waals surface area contributed by atoms with Crippen LogP contribution in [0.1, 0.15) is 30.6 Å². The highest BCUT2D eigenvalue weighted by molar-refractivity contribution is 6.42. The Kier molecular flexibility index (Phi) is 4.86. The molecule has 5 heteroatoms. The van der Waals surface area contributed by atoms with Crippen LogP contribution in [0.15, 0.2) is 30.6 Å². The van der Waals surface area contributed by atoms with Crippen molar-refractivity contribution in [2.24, 2.45) is 0 Å². The van der Waals surface area contributed by atoms with Crippen LogP contribution in [0.2, 0.25) is 10.0 Å². The minimum absolute atomic E-state index is 0.428. The van der Waals surface area contributed by atoms with E-state index >= 15 is 0 Å². The lowest BCUT2D eigenvalue weighted by Gasteiger charge is -2.10. The van der Waals surface area contributed by atoms with Gasteiger partial charge in [0.25, 0.3) is 0 Å². The Hall–Kier alpha value is -1.03. The molecule has 1 atom stereocenters. The summed E-state index contributed by atoms with van der Waals surface area (Å²) < 4.78 is 1.83. The molecule has 0 aliphatic heterocycles. The Morgan fingerprint density at radius 1 is 1.37 bits per heavy atom. The van der Waals surface area contributed by atoms with Gasteiger partial charge in [-0.15, -0.1) is 0 Å². The molecule has 0 aliphatic carbocycles. The Labute approximate surface area is 122 Å². The van der Waals surface area contributed by atoms with Crippen molar-refractivity contribution in [3.05, 3.63) is 51.8 Å². The molecule has 1 heterocycles. The largest absolute Gasteiger partial charge is 0.388 e. The first kappa shape index (κ1) is 14.4. The highest BCUT2D eigenvalue weighted by atomic mass is 35.5. The summed E-state index contributed by atoms with van der Waals surface area (Å²) >= 11 is 12.1. The van der Waals surface area contributed by atoms with E-state index < -0.39 is 6.10 Å². The van der Waals surface area contributed by atoms with Crippen LogP contribution in [0, 0.1) is 0 Å². The predicted octanol–water partition coefficient (Wildman–Crippen LogP) is 3.88. The first-order valence-electron chi connectivity index (χ1n) is 6.25. The zero-order valence-corrected chi connectivity index (χ0v) is 12.2. The summed E-state index contributed by atoms with van der Waals surface area (Å²) in [5, 5.41) is 15.4. The molecule has 19 heavy (non-hydrogen) atoms. The van der Waals surface area contributed by atoms with Gasteiger partial charge in [0.2, 0.25) is 0 Å². The molecule has 102 valence electrons. The fourth-order valence-corrected chi connectivity index (χ4v) is 2.33. The van der Waals surface area contributed by atoms with Crippen molar-refractivity contribution in [3.63, 3.8) is 0 Å². The number of aromatic nitrogens is 2. The minimum Gasteiger partial charge on any atom is -0.388 e. The lowest BCUT2D eigenvalue weighted by atomic mass is 10.0. The van der Waals surface area contributed by atoms with Gasteiger partial charge >= 0.3 is 0 Å². The Morgan fingerprint density at radius 3 is 2.89 bits per heavy atom. The summed E-state index contributed by atoms with van der Waals surface area (Å²) in [7, 11) is 0. The second-order valence-electron chi connectivity index (χ2n) is 4.47.